The molecule has 2 aromatic rings. The Kier molecular flexibility index (Phi) is 4.96. The van der Waals surface area contributed by atoms with Crippen LogP contribution in [0.1, 0.15) is 58.1 Å². The SMILES string of the molecule is C[C@H](NC(=O)[C@@H](C)n1nnnc1C(C)(C)C)c1ccc(F)cc1F. The van der Waals surface area contributed by atoms with Crippen molar-refractivity contribution in [2.45, 2.75) is 52.1 Å². The maximum Gasteiger partial charge on any atom is 0.245 e. The van der Waals surface area contributed by atoms with E-state index in [4.69, 9.17) is 0 Å². The van der Waals surface area contributed by atoms with Gasteiger partial charge in [-0.2, -0.15) is 0 Å². The van der Waals surface area contributed by atoms with Gasteiger partial charge in [0.15, 0.2) is 5.82 Å². The predicted octanol–water partition coefficient (Wildman–Crippen LogP) is 2.69. The summed E-state index contributed by atoms with van der Waals surface area (Å²) >= 11 is 0. The number of nitrogens with zero attached hydrogens (tertiary/aromatic N) is 4. The van der Waals surface area contributed by atoms with Crippen LogP contribution in [0.3, 0.4) is 0 Å². The second kappa shape index (κ2) is 6.62. The molecule has 24 heavy (non-hydrogen) atoms. The molecule has 1 aromatic carbocycles. The highest BCUT2D eigenvalue weighted by Crippen LogP contribution is 2.23. The molecular weight excluding hydrogens is 316 g/mol. The maximum atomic E-state index is 13.8. The van der Waals surface area contributed by atoms with E-state index in [1.54, 1.807) is 13.8 Å². The number of hydrogen-bond acceptors (Lipinski definition) is 4. The summed E-state index contributed by atoms with van der Waals surface area (Å²) in [6.45, 7) is 9.11. The fourth-order valence-electron chi connectivity index (χ4n) is 2.32. The van der Waals surface area contributed by atoms with E-state index in [-0.39, 0.29) is 16.9 Å². The molecule has 130 valence electrons. The lowest BCUT2D eigenvalue weighted by Crippen LogP contribution is -2.35. The van der Waals surface area contributed by atoms with Gasteiger partial charge in [0.2, 0.25) is 5.91 Å². The number of carbonyl (C=O) groups excluding carboxylic acids is 1. The fraction of sp³-hybridized carbons (Fsp3) is 0.500. The van der Waals surface area contributed by atoms with Crippen molar-refractivity contribution in [1.29, 1.82) is 0 Å². The Morgan fingerprint density at radius 1 is 1.25 bits per heavy atom. The fourth-order valence-corrected chi connectivity index (χ4v) is 2.32. The van der Waals surface area contributed by atoms with Crippen molar-refractivity contribution in [2.75, 3.05) is 0 Å². The molecular formula is C16H21F2N5O. The Morgan fingerprint density at radius 2 is 1.92 bits per heavy atom. The Labute approximate surface area is 139 Å². The van der Waals surface area contributed by atoms with Crippen molar-refractivity contribution in [3.8, 4) is 0 Å². The third kappa shape index (κ3) is 3.74. The minimum Gasteiger partial charge on any atom is -0.348 e. The molecule has 0 aliphatic heterocycles. The smallest absolute Gasteiger partial charge is 0.245 e. The van der Waals surface area contributed by atoms with Gasteiger partial charge in [-0.15, -0.1) is 5.10 Å². The van der Waals surface area contributed by atoms with Crippen LogP contribution < -0.4 is 5.32 Å². The predicted molar refractivity (Wildman–Crippen MR) is 84.1 cm³/mol. The molecule has 0 saturated heterocycles. The number of nitrogens with one attached hydrogen (secondary N) is 1. The standard InChI is InChI=1S/C16H21F2N5O/c1-9(12-7-6-11(17)8-13(12)18)19-14(24)10(2)23-15(16(3,4)5)20-21-22-23/h6-10H,1-5H3,(H,19,24)/t9-,10+/m0/s1. The van der Waals surface area contributed by atoms with Gasteiger partial charge < -0.3 is 5.32 Å². The van der Waals surface area contributed by atoms with E-state index < -0.39 is 23.7 Å². The molecule has 2 rings (SSSR count). The second-order valence-electron chi connectivity index (χ2n) is 6.77. The number of tetrazole rings is 1. The average molecular weight is 337 g/mol. The summed E-state index contributed by atoms with van der Waals surface area (Å²) in [5.74, 6) is -1.14. The zero-order valence-electron chi connectivity index (χ0n) is 14.3. The van der Waals surface area contributed by atoms with Crippen LogP contribution in [-0.4, -0.2) is 26.1 Å². The summed E-state index contributed by atoms with van der Waals surface area (Å²) in [4.78, 5) is 12.5. The molecule has 0 unspecified atom stereocenters. The molecule has 0 spiro atoms. The highest BCUT2D eigenvalue weighted by Gasteiger charge is 2.28. The normalized spacial score (nSPS) is 14.3. The lowest BCUT2D eigenvalue weighted by molar-refractivity contribution is -0.124. The number of hydrogen-bond donors (Lipinski definition) is 1. The zero-order valence-corrected chi connectivity index (χ0v) is 14.3. The Balaban J connectivity index is 2.16. The van der Waals surface area contributed by atoms with Crippen molar-refractivity contribution in [2.24, 2.45) is 0 Å². The number of aromatic nitrogens is 4. The Bertz CT molecular complexity index is 738. The van der Waals surface area contributed by atoms with Gasteiger partial charge in [0, 0.05) is 17.0 Å². The minimum absolute atomic E-state index is 0.213. The molecule has 2 atom stereocenters. The molecule has 1 aromatic heterocycles. The average Bonchev–Trinajstić information content (AvgIpc) is 2.95. The quantitative estimate of drug-likeness (QED) is 0.931. The van der Waals surface area contributed by atoms with Gasteiger partial charge in [-0.3, -0.25) is 4.79 Å². The van der Waals surface area contributed by atoms with Crippen molar-refractivity contribution in [3.05, 3.63) is 41.2 Å². The van der Waals surface area contributed by atoms with Crippen molar-refractivity contribution < 1.29 is 13.6 Å². The highest BCUT2D eigenvalue weighted by molar-refractivity contribution is 5.80. The lowest BCUT2D eigenvalue weighted by Gasteiger charge is -2.22. The third-order valence-electron chi connectivity index (χ3n) is 3.70. The van der Waals surface area contributed by atoms with Crippen LogP contribution in [0.2, 0.25) is 0 Å². The molecule has 6 nitrogen and oxygen atoms in total. The number of benzene rings is 1. The van der Waals surface area contributed by atoms with E-state index in [9.17, 15) is 13.6 Å². The first-order valence-electron chi connectivity index (χ1n) is 7.65. The summed E-state index contributed by atoms with van der Waals surface area (Å²) in [5.41, 5.74) is -0.114. The largest absolute Gasteiger partial charge is 0.348 e. The number of rotatable bonds is 4. The molecule has 1 heterocycles. The van der Waals surface area contributed by atoms with E-state index in [0.717, 1.165) is 12.1 Å². The van der Waals surface area contributed by atoms with Gasteiger partial charge in [-0.05, 0) is 30.3 Å². The number of amides is 1. The van der Waals surface area contributed by atoms with Gasteiger partial charge in [0.25, 0.3) is 0 Å². The number of halogens is 2. The highest BCUT2D eigenvalue weighted by atomic mass is 19.1. The van der Waals surface area contributed by atoms with Gasteiger partial charge in [0.1, 0.15) is 17.7 Å². The molecule has 8 heteroatoms. The molecule has 1 amide bonds. The van der Waals surface area contributed by atoms with Crippen LogP contribution in [0, 0.1) is 11.6 Å². The zero-order chi connectivity index (χ0) is 18.1. The van der Waals surface area contributed by atoms with E-state index >= 15 is 0 Å². The van der Waals surface area contributed by atoms with E-state index in [0.29, 0.717) is 5.82 Å². The summed E-state index contributed by atoms with van der Waals surface area (Å²) in [7, 11) is 0. The molecule has 0 radical (unpaired) electrons. The summed E-state index contributed by atoms with van der Waals surface area (Å²) in [6.07, 6.45) is 0. The summed E-state index contributed by atoms with van der Waals surface area (Å²) in [6, 6.07) is 1.98. The molecule has 0 aliphatic rings. The maximum absolute atomic E-state index is 13.8. The molecule has 0 saturated carbocycles. The van der Waals surface area contributed by atoms with Crippen LogP contribution in [0.25, 0.3) is 0 Å². The molecule has 0 aliphatic carbocycles. The van der Waals surface area contributed by atoms with Crippen molar-refractivity contribution in [1.82, 2.24) is 25.5 Å². The lowest BCUT2D eigenvalue weighted by atomic mass is 9.95. The Hall–Kier alpha value is -2.38. The number of carbonyl (C=O) groups is 1. The van der Waals surface area contributed by atoms with Crippen LogP contribution >= 0.6 is 0 Å². The minimum atomic E-state index is -0.701. The van der Waals surface area contributed by atoms with Crippen LogP contribution in [0.15, 0.2) is 18.2 Å². The molecule has 1 N–H and O–H groups in total. The third-order valence-corrected chi connectivity index (χ3v) is 3.70. The summed E-state index contributed by atoms with van der Waals surface area (Å²) in [5, 5.41) is 14.2. The first-order chi connectivity index (χ1) is 11.1. The first-order valence-corrected chi connectivity index (χ1v) is 7.65. The first kappa shape index (κ1) is 18.0. The van der Waals surface area contributed by atoms with E-state index in [1.165, 1.54) is 10.7 Å². The van der Waals surface area contributed by atoms with Gasteiger partial charge in [-0.1, -0.05) is 26.8 Å². The van der Waals surface area contributed by atoms with Gasteiger partial charge >= 0.3 is 0 Å². The van der Waals surface area contributed by atoms with Crippen molar-refractivity contribution >= 4 is 5.91 Å². The molecule has 0 bridgehead atoms. The van der Waals surface area contributed by atoms with Crippen LogP contribution in [-0.2, 0) is 10.2 Å². The van der Waals surface area contributed by atoms with Gasteiger partial charge in [0.05, 0.1) is 6.04 Å². The van der Waals surface area contributed by atoms with E-state index in [1.807, 2.05) is 20.8 Å². The van der Waals surface area contributed by atoms with Crippen molar-refractivity contribution in [3.63, 3.8) is 0 Å². The second-order valence-corrected chi connectivity index (χ2v) is 6.77. The topological polar surface area (TPSA) is 72.7 Å². The van der Waals surface area contributed by atoms with E-state index in [2.05, 4.69) is 20.8 Å². The monoisotopic (exact) mass is 337 g/mol. The Morgan fingerprint density at radius 3 is 2.50 bits per heavy atom. The van der Waals surface area contributed by atoms with Crippen LogP contribution in [0.5, 0.6) is 0 Å². The van der Waals surface area contributed by atoms with Crippen LogP contribution in [0.4, 0.5) is 8.78 Å². The van der Waals surface area contributed by atoms with Gasteiger partial charge in [-0.25, -0.2) is 13.5 Å². The molecule has 0 fully saturated rings. The summed E-state index contributed by atoms with van der Waals surface area (Å²) < 4.78 is 28.3.